The van der Waals surface area contributed by atoms with Crippen LogP contribution in [0.25, 0.3) is 6.08 Å². The zero-order chi connectivity index (χ0) is 21.8. The summed E-state index contributed by atoms with van der Waals surface area (Å²) in [5, 5.41) is 11.9. The van der Waals surface area contributed by atoms with Gasteiger partial charge < -0.3 is 15.3 Å². The van der Waals surface area contributed by atoms with Crippen molar-refractivity contribution in [1.82, 2.24) is 0 Å². The molecule has 0 saturated carbocycles. The van der Waals surface area contributed by atoms with Gasteiger partial charge in [-0.15, -0.1) is 0 Å². The minimum atomic E-state index is -0.0890. The zero-order valence-corrected chi connectivity index (χ0v) is 17.9. The number of carbonyl (C=O) groups excluding carboxylic acids is 2. The zero-order valence-electron chi connectivity index (χ0n) is 17.9. The molecule has 0 fully saturated rings. The third-order valence-electron chi connectivity index (χ3n) is 4.91. The second-order valence-corrected chi connectivity index (χ2v) is 7.37. The van der Waals surface area contributed by atoms with Gasteiger partial charge in [0.15, 0.2) is 5.78 Å². The topological polar surface area (TPSA) is 69.6 Å². The highest BCUT2D eigenvalue weighted by Gasteiger charge is 2.05. The number of amides is 1. The summed E-state index contributed by atoms with van der Waals surface area (Å²) in [6.45, 7) is 2.82. The average molecular weight is 409 g/mol. The number of allylic oxidation sites excluding steroid dienone is 1. The van der Waals surface area contributed by atoms with Gasteiger partial charge in [0, 0.05) is 37.0 Å². The number of anilines is 2. The minimum Gasteiger partial charge on any atom is -0.395 e. The standard InChI is InChI=1S/C25H32N2O3/c1-3-4-5-6-7-25(30)26-22-13-11-21(12-14-22)24(29)17-10-20-8-15-23(16-9-20)27(2)18-19-28/h8-17,28H,3-7,18-19H2,1-2H3,(H,26,30)/b17-10+. The van der Waals surface area contributed by atoms with Crippen molar-refractivity contribution < 1.29 is 14.7 Å². The predicted octanol–water partition coefficient (Wildman–Crippen LogP) is 4.92. The highest BCUT2D eigenvalue weighted by Crippen LogP contribution is 2.16. The van der Waals surface area contributed by atoms with Crippen LogP contribution in [-0.4, -0.2) is 37.0 Å². The summed E-state index contributed by atoms with van der Waals surface area (Å²) in [6.07, 6.45) is 8.14. The number of aliphatic hydroxyl groups is 1. The van der Waals surface area contributed by atoms with Crippen molar-refractivity contribution in [2.45, 2.75) is 39.0 Å². The third kappa shape index (κ3) is 7.84. The molecule has 160 valence electrons. The molecule has 30 heavy (non-hydrogen) atoms. The van der Waals surface area contributed by atoms with Gasteiger partial charge in [0.25, 0.3) is 0 Å². The molecular formula is C25H32N2O3. The summed E-state index contributed by atoms with van der Waals surface area (Å²) < 4.78 is 0. The van der Waals surface area contributed by atoms with E-state index in [9.17, 15) is 9.59 Å². The molecular weight excluding hydrogens is 376 g/mol. The molecule has 0 aliphatic rings. The predicted molar refractivity (Wildman–Crippen MR) is 124 cm³/mol. The molecule has 0 aliphatic heterocycles. The molecule has 0 aromatic heterocycles. The number of likely N-dealkylation sites (N-methyl/N-ethyl adjacent to an activating group) is 1. The molecule has 0 aliphatic carbocycles. The van der Waals surface area contributed by atoms with Crippen molar-refractivity contribution in [3.8, 4) is 0 Å². The van der Waals surface area contributed by atoms with E-state index in [4.69, 9.17) is 5.11 Å². The maximum Gasteiger partial charge on any atom is 0.224 e. The van der Waals surface area contributed by atoms with Gasteiger partial charge in [-0.05, 0) is 54.5 Å². The number of unbranched alkanes of at least 4 members (excludes halogenated alkanes) is 3. The first-order valence-corrected chi connectivity index (χ1v) is 10.6. The van der Waals surface area contributed by atoms with E-state index in [0.717, 1.165) is 36.9 Å². The fraction of sp³-hybridized carbons (Fsp3) is 0.360. The molecule has 2 aromatic rings. The minimum absolute atomic E-state index is 0.0122. The first-order chi connectivity index (χ1) is 14.5. The fourth-order valence-corrected chi connectivity index (χ4v) is 3.04. The Morgan fingerprint density at radius 1 is 1.00 bits per heavy atom. The number of aliphatic hydroxyl groups excluding tert-OH is 1. The van der Waals surface area contributed by atoms with Gasteiger partial charge in [0.2, 0.25) is 5.91 Å². The Labute approximate surface area is 179 Å². The van der Waals surface area contributed by atoms with Crippen LogP contribution in [0.1, 0.15) is 54.9 Å². The van der Waals surface area contributed by atoms with Crippen molar-refractivity contribution in [2.24, 2.45) is 0 Å². The number of nitrogens with one attached hydrogen (secondary N) is 1. The number of benzene rings is 2. The molecule has 2 aromatic carbocycles. The molecule has 0 bridgehead atoms. The van der Waals surface area contributed by atoms with Gasteiger partial charge in [-0.2, -0.15) is 0 Å². The Morgan fingerprint density at radius 2 is 1.70 bits per heavy atom. The molecule has 0 unspecified atom stereocenters. The van der Waals surface area contributed by atoms with Crippen molar-refractivity contribution >= 4 is 29.1 Å². The summed E-state index contributed by atoms with van der Waals surface area (Å²) in [7, 11) is 1.92. The van der Waals surface area contributed by atoms with Gasteiger partial charge in [0.05, 0.1) is 6.61 Å². The van der Waals surface area contributed by atoms with Crippen LogP contribution in [0.4, 0.5) is 11.4 Å². The van der Waals surface area contributed by atoms with Crippen LogP contribution >= 0.6 is 0 Å². The van der Waals surface area contributed by atoms with Crippen LogP contribution in [0.5, 0.6) is 0 Å². The van der Waals surface area contributed by atoms with Gasteiger partial charge in [-0.25, -0.2) is 0 Å². The van der Waals surface area contributed by atoms with Crippen LogP contribution in [-0.2, 0) is 4.79 Å². The summed E-state index contributed by atoms with van der Waals surface area (Å²) in [5.41, 5.74) is 3.22. The van der Waals surface area contributed by atoms with E-state index in [-0.39, 0.29) is 18.3 Å². The van der Waals surface area contributed by atoms with E-state index in [1.807, 2.05) is 36.2 Å². The fourth-order valence-electron chi connectivity index (χ4n) is 3.04. The van der Waals surface area contributed by atoms with E-state index >= 15 is 0 Å². The summed E-state index contributed by atoms with van der Waals surface area (Å²) in [6, 6.07) is 14.8. The largest absolute Gasteiger partial charge is 0.395 e. The highest BCUT2D eigenvalue weighted by atomic mass is 16.3. The maximum atomic E-state index is 12.4. The normalized spacial score (nSPS) is 10.9. The molecule has 0 atom stereocenters. The van der Waals surface area contributed by atoms with Crippen molar-refractivity contribution in [2.75, 3.05) is 30.4 Å². The highest BCUT2D eigenvalue weighted by molar-refractivity contribution is 6.07. The van der Waals surface area contributed by atoms with E-state index in [0.29, 0.717) is 24.2 Å². The lowest BCUT2D eigenvalue weighted by Gasteiger charge is -2.17. The average Bonchev–Trinajstić information content (AvgIpc) is 2.76. The van der Waals surface area contributed by atoms with E-state index in [1.165, 1.54) is 0 Å². The maximum absolute atomic E-state index is 12.4. The van der Waals surface area contributed by atoms with Crippen LogP contribution in [0.3, 0.4) is 0 Å². The van der Waals surface area contributed by atoms with Gasteiger partial charge in [-0.1, -0.05) is 44.4 Å². The Morgan fingerprint density at radius 3 is 2.33 bits per heavy atom. The van der Waals surface area contributed by atoms with Crippen LogP contribution in [0.15, 0.2) is 54.6 Å². The number of carbonyl (C=O) groups is 2. The molecule has 0 saturated heterocycles. The second kappa shape index (κ2) is 12.6. The van der Waals surface area contributed by atoms with Crippen molar-refractivity contribution in [3.63, 3.8) is 0 Å². The van der Waals surface area contributed by atoms with E-state index in [1.54, 1.807) is 36.4 Å². The molecule has 2 rings (SSSR count). The third-order valence-corrected chi connectivity index (χ3v) is 4.91. The first kappa shape index (κ1) is 23.4. The van der Waals surface area contributed by atoms with E-state index < -0.39 is 0 Å². The lowest BCUT2D eigenvalue weighted by Crippen LogP contribution is -2.20. The van der Waals surface area contributed by atoms with Gasteiger partial charge >= 0.3 is 0 Å². The van der Waals surface area contributed by atoms with Crippen molar-refractivity contribution in [1.29, 1.82) is 0 Å². The number of ketones is 1. The molecule has 1 amide bonds. The Hall–Kier alpha value is -2.92. The first-order valence-electron chi connectivity index (χ1n) is 10.6. The molecule has 0 spiro atoms. The summed E-state index contributed by atoms with van der Waals surface area (Å²) in [5.74, 6) is -0.0768. The molecule has 2 N–H and O–H groups in total. The number of hydrogen-bond donors (Lipinski definition) is 2. The lowest BCUT2D eigenvalue weighted by atomic mass is 10.1. The van der Waals surface area contributed by atoms with Crippen LogP contribution in [0.2, 0.25) is 0 Å². The smallest absolute Gasteiger partial charge is 0.224 e. The number of nitrogens with zero attached hydrogens (tertiary/aromatic N) is 1. The number of rotatable bonds is 12. The molecule has 5 heteroatoms. The van der Waals surface area contributed by atoms with Gasteiger partial charge in [0.1, 0.15) is 0 Å². The lowest BCUT2D eigenvalue weighted by molar-refractivity contribution is -0.116. The number of hydrogen-bond acceptors (Lipinski definition) is 4. The molecule has 5 nitrogen and oxygen atoms in total. The second-order valence-electron chi connectivity index (χ2n) is 7.37. The van der Waals surface area contributed by atoms with Crippen LogP contribution in [0, 0.1) is 0 Å². The Bertz CT molecular complexity index is 826. The van der Waals surface area contributed by atoms with Gasteiger partial charge in [-0.3, -0.25) is 9.59 Å². The SMILES string of the molecule is CCCCCCC(=O)Nc1ccc(C(=O)/C=C/c2ccc(N(C)CCO)cc2)cc1. The quantitative estimate of drug-likeness (QED) is 0.297. The Balaban J connectivity index is 1.87. The monoisotopic (exact) mass is 408 g/mol. The molecule has 0 heterocycles. The summed E-state index contributed by atoms with van der Waals surface area (Å²) >= 11 is 0. The van der Waals surface area contributed by atoms with Crippen molar-refractivity contribution in [3.05, 3.63) is 65.7 Å². The van der Waals surface area contributed by atoms with Crippen LogP contribution < -0.4 is 10.2 Å². The van der Waals surface area contributed by atoms with E-state index in [2.05, 4.69) is 12.2 Å². The Kier molecular flexibility index (Phi) is 9.81. The summed E-state index contributed by atoms with van der Waals surface area (Å²) in [4.78, 5) is 26.3. The molecule has 0 radical (unpaired) electrons.